The molecule has 156 valence electrons. The molecule has 1 spiro atoms. The number of carbonyl (C=O) groups excluding carboxylic acids is 1. The normalized spacial score (nSPS) is 32.3. The molecule has 5 N–H and O–H groups in total. The Balaban J connectivity index is 0.000000338. The molecule has 28 heavy (non-hydrogen) atoms. The highest BCUT2D eigenvalue weighted by Gasteiger charge is 2.65. The van der Waals surface area contributed by atoms with Gasteiger partial charge in [-0.25, -0.2) is 4.57 Å². The van der Waals surface area contributed by atoms with Crippen LogP contribution in [0.3, 0.4) is 0 Å². The average molecular weight is 415 g/mol. The van der Waals surface area contributed by atoms with E-state index in [1.54, 1.807) is 7.11 Å². The summed E-state index contributed by atoms with van der Waals surface area (Å²) in [5.41, 5.74) is 2.57. The number of hydrogen-bond acceptors (Lipinski definition) is 5. The Morgan fingerprint density at radius 3 is 2.64 bits per heavy atom. The quantitative estimate of drug-likeness (QED) is 0.550. The second-order valence-corrected chi connectivity index (χ2v) is 8.82. The fraction of sp³-hybridized carbons (Fsp3) is 0.611. The Kier molecular flexibility index (Phi) is 5.38. The average Bonchev–Trinajstić information content (AvgIpc) is 2.93. The molecule has 2 aliphatic carbocycles. The molecule has 1 saturated heterocycles. The van der Waals surface area contributed by atoms with Gasteiger partial charge >= 0.3 is 7.82 Å². The molecule has 9 nitrogen and oxygen atoms in total. The van der Waals surface area contributed by atoms with Gasteiger partial charge in [0.15, 0.2) is 23.4 Å². The number of ether oxygens (including phenoxy) is 2. The van der Waals surface area contributed by atoms with Crippen molar-refractivity contribution in [3.05, 3.63) is 23.3 Å². The fourth-order valence-corrected chi connectivity index (χ4v) is 5.67. The molecule has 0 radical (unpaired) electrons. The summed E-state index contributed by atoms with van der Waals surface area (Å²) in [5, 5.41) is 0. The van der Waals surface area contributed by atoms with Crippen LogP contribution in [-0.4, -0.2) is 63.7 Å². The van der Waals surface area contributed by atoms with Crippen LogP contribution in [0.15, 0.2) is 12.1 Å². The number of Topliss-reactive ketones (excluding diaryl/α,β-unsaturated/α-hetero) is 1. The first-order valence-corrected chi connectivity index (χ1v) is 10.6. The van der Waals surface area contributed by atoms with Crippen LogP contribution in [0.5, 0.6) is 11.5 Å². The summed E-state index contributed by atoms with van der Waals surface area (Å²) in [6.45, 7) is 1.05. The zero-order valence-electron chi connectivity index (χ0n) is 15.8. The third kappa shape index (κ3) is 3.07. The van der Waals surface area contributed by atoms with Crippen LogP contribution in [0.25, 0.3) is 0 Å². The standard InChI is InChI=1S/C18H21NO3.H3O4P.H2O/c1-19-8-7-18-11-4-5-13(20)17(18)22-16-14(21-2)6-3-10(15(16)18)9-12(11)19;1-5(2,3)4;/h3,6,11-12,17H,4-5,7-9H2,1-2H3;(H3,1,2,3,4);1H2/t11-,12+,17-,18-;;/m0../s1. The molecular formula is C18H26NO8P. The first-order valence-electron chi connectivity index (χ1n) is 9.05. The van der Waals surface area contributed by atoms with Crippen molar-refractivity contribution in [2.75, 3.05) is 20.7 Å². The maximum atomic E-state index is 12.6. The van der Waals surface area contributed by atoms with Crippen molar-refractivity contribution in [2.45, 2.75) is 43.2 Å². The van der Waals surface area contributed by atoms with Crippen molar-refractivity contribution < 1.29 is 39.0 Å². The lowest BCUT2D eigenvalue weighted by Crippen LogP contribution is -2.65. The lowest BCUT2D eigenvalue weighted by molar-refractivity contribution is -0.138. The summed E-state index contributed by atoms with van der Waals surface area (Å²) in [5.74, 6) is 2.46. The van der Waals surface area contributed by atoms with Gasteiger partial charge < -0.3 is 34.5 Å². The largest absolute Gasteiger partial charge is 0.493 e. The van der Waals surface area contributed by atoms with Gasteiger partial charge in [0.05, 0.1) is 7.11 Å². The lowest BCUT2D eigenvalue weighted by atomic mass is 9.52. The molecule has 0 unspecified atom stereocenters. The van der Waals surface area contributed by atoms with Crippen LogP contribution < -0.4 is 9.47 Å². The Morgan fingerprint density at radius 1 is 1.32 bits per heavy atom. The first-order chi connectivity index (χ1) is 12.7. The van der Waals surface area contributed by atoms with E-state index < -0.39 is 7.82 Å². The first kappa shape index (κ1) is 21.2. The Hall–Kier alpha value is -1.48. The molecule has 1 aromatic rings. The smallest absolute Gasteiger partial charge is 0.466 e. The number of hydrogen-bond donors (Lipinski definition) is 3. The van der Waals surface area contributed by atoms with E-state index in [9.17, 15) is 4.79 Å². The van der Waals surface area contributed by atoms with Gasteiger partial charge in [-0.3, -0.25) is 4.79 Å². The summed E-state index contributed by atoms with van der Waals surface area (Å²) in [6.07, 6.45) is 3.47. The molecule has 2 fully saturated rings. The van der Waals surface area contributed by atoms with E-state index >= 15 is 0 Å². The van der Waals surface area contributed by atoms with Gasteiger partial charge in [-0.15, -0.1) is 0 Å². The summed E-state index contributed by atoms with van der Waals surface area (Å²) < 4.78 is 20.7. The minimum absolute atomic E-state index is 0. The van der Waals surface area contributed by atoms with Crippen LogP contribution >= 0.6 is 7.82 Å². The summed E-state index contributed by atoms with van der Waals surface area (Å²) in [6, 6.07) is 4.73. The maximum Gasteiger partial charge on any atom is 0.466 e. The molecule has 2 bridgehead atoms. The van der Waals surface area contributed by atoms with Gasteiger partial charge in [-0.1, -0.05) is 6.07 Å². The number of rotatable bonds is 1. The Morgan fingerprint density at radius 2 is 2.00 bits per heavy atom. The van der Waals surface area contributed by atoms with Crippen LogP contribution in [-0.2, 0) is 21.2 Å². The van der Waals surface area contributed by atoms with Gasteiger partial charge in [0.2, 0.25) is 0 Å². The van der Waals surface area contributed by atoms with E-state index in [4.69, 9.17) is 28.7 Å². The van der Waals surface area contributed by atoms with Crippen LogP contribution in [0.4, 0.5) is 0 Å². The molecule has 4 aliphatic rings. The Labute approximate surface area is 162 Å². The van der Waals surface area contributed by atoms with E-state index in [1.165, 1.54) is 11.1 Å². The molecular weight excluding hydrogens is 389 g/mol. The van der Waals surface area contributed by atoms with E-state index in [2.05, 4.69) is 18.0 Å². The van der Waals surface area contributed by atoms with Crippen LogP contribution in [0.1, 0.15) is 30.4 Å². The fourth-order valence-electron chi connectivity index (χ4n) is 5.67. The van der Waals surface area contributed by atoms with Crippen molar-refractivity contribution in [3.63, 3.8) is 0 Å². The molecule has 0 amide bonds. The summed E-state index contributed by atoms with van der Waals surface area (Å²) in [7, 11) is -0.727. The number of piperidine rings is 1. The van der Waals surface area contributed by atoms with Crippen LogP contribution in [0, 0.1) is 5.92 Å². The zero-order valence-corrected chi connectivity index (χ0v) is 16.7. The third-order valence-corrected chi connectivity index (χ3v) is 6.59. The van der Waals surface area contributed by atoms with Crippen molar-refractivity contribution in [1.82, 2.24) is 4.90 Å². The molecule has 1 aromatic carbocycles. The van der Waals surface area contributed by atoms with Gasteiger partial charge in [0, 0.05) is 23.4 Å². The predicted octanol–water partition coefficient (Wildman–Crippen LogP) is 0.180. The van der Waals surface area contributed by atoms with Crippen molar-refractivity contribution in [1.29, 1.82) is 0 Å². The van der Waals surface area contributed by atoms with Crippen LogP contribution in [0.2, 0.25) is 0 Å². The van der Waals surface area contributed by atoms with E-state index in [0.717, 1.165) is 37.3 Å². The number of likely N-dealkylation sites (tertiary alicyclic amines) is 1. The van der Waals surface area contributed by atoms with E-state index in [-0.39, 0.29) is 22.8 Å². The zero-order chi connectivity index (χ0) is 19.6. The molecule has 10 heteroatoms. The number of likely N-dealkylation sites (N-methyl/N-ethyl adjacent to an activating group) is 1. The third-order valence-electron chi connectivity index (χ3n) is 6.59. The highest BCUT2D eigenvalue weighted by molar-refractivity contribution is 7.45. The minimum Gasteiger partial charge on any atom is -0.493 e. The lowest BCUT2D eigenvalue weighted by Gasteiger charge is -2.57. The Bertz CT molecular complexity index is 831. The SMILES string of the molecule is COc1ccc2c3c1O[C@H]1C(=O)CC[C@H]4[C@@H](C2)N(C)CC[C@]314.O.O=P(O)(O)O. The summed E-state index contributed by atoms with van der Waals surface area (Å²) >= 11 is 0. The number of carbonyl (C=O) groups is 1. The molecule has 1 saturated carbocycles. The number of nitrogens with zero attached hydrogens (tertiary/aromatic N) is 1. The molecule has 0 aromatic heterocycles. The number of methoxy groups -OCH3 is 1. The number of benzene rings is 1. The number of ketones is 1. The van der Waals surface area contributed by atoms with Crippen molar-refractivity contribution >= 4 is 13.6 Å². The van der Waals surface area contributed by atoms with Crippen molar-refractivity contribution in [3.8, 4) is 11.5 Å². The monoisotopic (exact) mass is 415 g/mol. The van der Waals surface area contributed by atoms with Gasteiger partial charge in [-0.2, -0.15) is 0 Å². The summed E-state index contributed by atoms with van der Waals surface area (Å²) in [4.78, 5) is 36.7. The molecule has 2 aliphatic heterocycles. The van der Waals surface area contributed by atoms with Gasteiger partial charge in [0.25, 0.3) is 0 Å². The second-order valence-electron chi connectivity index (χ2n) is 7.80. The second kappa shape index (κ2) is 7.09. The highest BCUT2D eigenvalue weighted by Crippen LogP contribution is 2.63. The van der Waals surface area contributed by atoms with Gasteiger partial charge in [0.1, 0.15) is 0 Å². The maximum absolute atomic E-state index is 12.6. The van der Waals surface area contributed by atoms with E-state index in [0.29, 0.717) is 18.4 Å². The minimum atomic E-state index is -4.64. The van der Waals surface area contributed by atoms with Crippen molar-refractivity contribution in [2.24, 2.45) is 5.92 Å². The predicted molar refractivity (Wildman–Crippen MR) is 99.4 cm³/mol. The number of phosphoric acid groups is 1. The van der Waals surface area contributed by atoms with Gasteiger partial charge in [-0.05, 0) is 50.4 Å². The molecule has 4 atom stereocenters. The highest BCUT2D eigenvalue weighted by atomic mass is 31.2. The molecule has 2 heterocycles. The van der Waals surface area contributed by atoms with E-state index in [1.807, 2.05) is 6.07 Å². The topological polar surface area (TPSA) is 148 Å². The molecule has 5 rings (SSSR count).